The zero-order valence-electron chi connectivity index (χ0n) is 9.88. The number of carbonyl (C=O) groups excluding carboxylic acids is 1. The number of rotatable bonds is 5. The Morgan fingerprint density at radius 2 is 2.37 bits per heavy atom. The smallest absolute Gasteiger partial charge is 0.280 e. The number of amides is 1. The fourth-order valence-corrected chi connectivity index (χ4v) is 2.60. The minimum atomic E-state index is -0.358. The molecule has 8 heteroatoms. The zero-order chi connectivity index (χ0) is 13.8. The molecule has 0 saturated heterocycles. The molecular weight excluding hydrogens is 288 g/mol. The second-order valence-corrected chi connectivity index (χ2v) is 5.48. The van der Waals surface area contributed by atoms with Crippen molar-refractivity contribution in [1.82, 2.24) is 15.2 Å². The molecule has 0 aromatic carbocycles. The molecule has 0 spiro atoms. The summed E-state index contributed by atoms with van der Waals surface area (Å²) in [5.74, 6) is -0.383. The van der Waals surface area contributed by atoms with E-state index in [9.17, 15) is 4.79 Å². The Morgan fingerprint density at radius 1 is 1.58 bits per heavy atom. The van der Waals surface area contributed by atoms with Gasteiger partial charge in [0.05, 0.1) is 10.9 Å². The van der Waals surface area contributed by atoms with Gasteiger partial charge < -0.3 is 10.6 Å². The van der Waals surface area contributed by atoms with Gasteiger partial charge in [-0.3, -0.25) is 4.79 Å². The SMILES string of the molecule is C=CCN(Cc1ccc(Cl)s1)C(=O)c1nonc1N. The van der Waals surface area contributed by atoms with E-state index in [0.29, 0.717) is 17.4 Å². The lowest BCUT2D eigenvalue weighted by Crippen LogP contribution is -2.31. The van der Waals surface area contributed by atoms with Gasteiger partial charge >= 0.3 is 0 Å². The first-order valence-corrected chi connectivity index (χ1v) is 6.53. The molecule has 0 aliphatic carbocycles. The predicted molar refractivity (Wildman–Crippen MR) is 73.0 cm³/mol. The maximum atomic E-state index is 12.2. The minimum absolute atomic E-state index is 0.00417. The van der Waals surface area contributed by atoms with Gasteiger partial charge in [0.2, 0.25) is 11.5 Å². The van der Waals surface area contributed by atoms with Gasteiger partial charge in [-0.25, -0.2) is 4.63 Å². The number of hydrogen-bond donors (Lipinski definition) is 1. The second-order valence-electron chi connectivity index (χ2n) is 3.68. The third-order valence-corrected chi connectivity index (χ3v) is 3.54. The summed E-state index contributed by atoms with van der Waals surface area (Å²) in [5, 5.41) is 6.90. The highest BCUT2D eigenvalue weighted by atomic mass is 35.5. The molecule has 2 aromatic heterocycles. The summed E-state index contributed by atoms with van der Waals surface area (Å²) in [6.45, 7) is 4.39. The predicted octanol–water partition coefficient (Wildman–Crippen LogP) is 2.20. The maximum Gasteiger partial charge on any atom is 0.280 e. The van der Waals surface area contributed by atoms with E-state index in [1.165, 1.54) is 16.2 Å². The molecule has 0 fully saturated rings. The van der Waals surface area contributed by atoms with E-state index in [-0.39, 0.29) is 17.4 Å². The van der Waals surface area contributed by atoms with Crippen molar-refractivity contribution in [2.24, 2.45) is 0 Å². The number of nitrogens with two attached hydrogens (primary N) is 1. The molecule has 0 saturated carbocycles. The van der Waals surface area contributed by atoms with Crippen LogP contribution in [0.3, 0.4) is 0 Å². The molecule has 100 valence electrons. The molecule has 2 heterocycles. The van der Waals surface area contributed by atoms with E-state index >= 15 is 0 Å². The summed E-state index contributed by atoms with van der Waals surface area (Å²) in [7, 11) is 0. The number of aromatic nitrogens is 2. The van der Waals surface area contributed by atoms with Crippen molar-refractivity contribution in [3.63, 3.8) is 0 Å². The molecule has 1 amide bonds. The maximum absolute atomic E-state index is 12.2. The first-order valence-electron chi connectivity index (χ1n) is 5.34. The van der Waals surface area contributed by atoms with Crippen LogP contribution in [-0.4, -0.2) is 27.7 Å². The van der Waals surface area contributed by atoms with Crippen LogP contribution in [0.25, 0.3) is 0 Å². The van der Waals surface area contributed by atoms with Crippen molar-refractivity contribution < 1.29 is 9.42 Å². The number of anilines is 1. The molecule has 0 aliphatic rings. The number of hydrogen-bond acceptors (Lipinski definition) is 6. The molecule has 2 aromatic rings. The normalized spacial score (nSPS) is 10.4. The number of nitrogens with zero attached hydrogens (tertiary/aromatic N) is 3. The number of carbonyl (C=O) groups is 1. The zero-order valence-corrected chi connectivity index (χ0v) is 11.4. The minimum Gasteiger partial charge on any atom is -0.379 e. The third-order valence-electron chi connectivity index (χ3n) is 2.33. The average Bonchev–Trinajstić information content (AvgIpc) is 2.97. The Morgan fingerprint density at radius 3 is 2.89 bits per heavy atom. The summed E-state index contributed by atoms with van der Waals surface area (Å²) < 4.78 is 5.10. The standard InChI is InChI=1S/C11H11ClN4O2S/c1-2-5-16(6-7-3-4-8(12)19-7)11(17)9-10(13)15-18-14-9/h2-4H,1,5-6H2,(H2,13,15). The molecule has 0 unspecified atom stereocenters. The van der Waals surface area contributed by atoms with Gasteiger partial charge in [-0.15, -0.1) is 17.9 Å². The summed E-state index contributed by atoms with van der Waals surface area (Å²) in [6.07, 6.45) is 1.62. The molecule has 0 atom stereocenters. The quantitative estimate of drug-likeness (QED) is 0.855. The van der Waals surface area contributed by atoms with Crippen LogP contribution in [0.5, 0.6) is 0 Å². The van der Waals surface area contributed by atoms with Crippen molar-refractivity contribution >= 4 is 34.7 Å². The van der Waals surface area contributed by atoms with E-state index in [4.69, 9.17) is 17.3 Å². The van der Waals surface area contributed by atoms with Gasteiger partial charge in [0.1, 0.15) is 0 Å². The Bertz CT molecular complexity index is 595. The highest BCUT2D eigenvalue weighted by molar-refractivity contribution is 7.16. The molecule has 0 radical (unpaired) electrons. The monoisotopic (exact) mass is 298 g/mol. The van der Waals surface area contributed by atoms with Crippen LogP contribution in [0.2, 0.25) is 4.34 Å². The van der Waals surface area contributed by atoms with Crippen LogP contribution in [-0.2, 0) is 6.54 Å². The lowest BCUT2D eigenvalue weighted by atomic mass is 10.3. The van der Waals surface area contributed by atoms with Crippen LogP contribution in [0, 0.1) is 0 Å². The molecule has 2 rings (SSSR count). The van der Waals surface area contributed by atoms with Crippen molar-refractivity contribution in [3.05, 3.63) is 39.7 Å². The Balaban J connectivity index is 2.18. The fourth-order valence-electron chi connectivity index (χ4n) is 1.49. The van der Waals surface area contributed by atoms with Crippen LogP contribution in [0.15, 0.2) is 29.4 Å². The van der Waals surface area contributed by atoms with Crippen LogP contribution in [0.1, 0.15) is 15.4 Å². The first kappa shape index (κ1) is 13.6. The second kappa shape index (κ2) is 5.85. The van der Waals surface area contributed by atoms with Gasteiger partial charge in [-0.05, 0) is 22.4 Å². The lowest BCUT2D eigenvalue weighted by Gasteiger charge is -2.18. The highest BCUT2D eigenvalue weighted by Crippen LogP contribution is 2.23. The van der Waals surface area contributed by atoms with Crippen LogP contribution >= 0.6 is 22.9 Å². The Labute approximate surface area is 118 Å². The molecule has 2 N–H and O–H groups in total. The van der Waals surface area contributed by atoms with Crippen molar-refractivity contribution in [2.45, 2.75) is 6.54 Å². The van der Waals surface area contributed by atoms with Gasteiger partial charge in [0, 0.05) is 11.4 Å². The van der Waals surface area contributed by atoms with Crippen molar-refractivity contribution in [2.75, 3.05) is 12.3 Å². The first-order chi connectivity index (χ1) is 9.11. The molecule has 6 nitrogen and oxygen atoms in total. The number of nitrogen functional groups attached to an aromatic ring is 1. The van der Waals surface area contributed by atoms with E-state index in [0.717, 1.165) is 4.88 Å². The highest BCUT2D eigenvalue weighted by Gasteiger charge is 2.22. The number of thiophene rings is 1. The van der Waals surface area contributed by atoms with Crippen LogP contribution in [0.4, 0.5) is 5.82 Å². The van der Waals surface area contributed by atoms with Crippen molar-refractivity contribution in [1.29, 1.82) is 0 Å². The molecule has 19 heavy (non-hydrogen) atoms. The summed E-state index contributed by atoms with van der Waals surface area (Å²) in [5.41, 5.74) is 5.52. The van der Waals surface area contributed by atoms with Gasteiger partial charge in [0.25, 0.3) is 5.91 Å². The van der Waals surface area contributed by atoms with Crippen LogP contribution < -0.4 is 5.73 Å². The molecule has 0 aliphatic heterocycles. The lowest BCUT2D eigenvalue weighted by molar-refractivity contribution is 0.0754. The number of halogens is 1. The Kier molecular flexibility index (Phi) is 4.18. The largest absolute Gasteiger partial charge is 0.379 e. The van der Waals surface area contributed by atoms with Gasteiger partial charge in [0.15, 0.2) is 0 Å². The van der Waals surface area contributed by atoms with E-state index in [1.54, 1.807) is 12.1 Å². The fraction of sp³-hybridized carbons (Fsp3) is 0.182. The summed E-state index contributed by atoms with van der Waals surface area (Å²) in [4.78, 5) is 14.7. The summed E-state index contributed by atoms with van der Waals surface area (Å²) in [6, 6.07) is 3.64. The van der Waals surface area contributed by atoms with E-state index in [2.05, 4.69) is 21.5 Å². The summed E-state index contributed by atoms with van der Waals surface area (Å²) >= 11 is 7.27. The molecular formula is C11H11ClN4O2S. The Hall–Kier alpha value is -1.86. The molecule has 0 bridgehead atoms. The third kappa shape index (κ3) is 3.12. The van der Waals surface area contributed by atoms with Gasteiger partial charge in [-0.1, -0.05) is 17.7 Å². The van der Waals surface area contributed by atoms with Crippen molar-refractivity contribution in [3.8, 4) is 0 Å². The average molecular weight is 299 g/mol. The van der Waals surface area contributed by atoms with E-state index in [1.807, 2.05) is 6.07 Å². The van der Waals surface area contributed by atoms with E-state index < -0.39 is 0 Å². The van der Waals surface area contributed by atoms with Gasteiger partial charge in [-0.2, -0.15) is 0 Å². The topological polar surface area (TPSA) is 85.2 Å².